The van der Waals surface area contributed by atoms with Gasteiger partial charge in [0.1, 0.15) is 9.75 Å². The van der Waals surface area contributed by atoms with Crippen molar-refractivity contribution in [3.8, 4) is 0 Å². The van der Waals surface area contributed by atoms with Gasteiger partial charge in [-0.05, 0) is 0 Å². The Hall–Kier alpha value is 1.43. The first-order valence-corrected chi connectivity index (χ1v) is 8.82. The second kappa shape index (κ2) is 6.63. The molecule has 1 heterocycles. The van der Waals surface area contributed by atoms with E-state index in [2.05, 4.69) is 5.04 Å². The molecule has 0 aromatic rings. The summed E-state index contributed by atoms with van der Waals surface area (Å²) in [6.07, 6.45) is 0. The molecule has 4 atom stereocenters. The van der Waals surface area contributed by atoms with Crippen LogP contribution in [0.4, 0.5) is 0 Å². The van der Waals surface area contributed by atoms with Crippen molar-refractivity contribution < 1.29 is 28.1 Å². The molecule has 0 radical (unpaired) electrons. The Morgan fingerprint density at radius 2 is 1.32 bits per heavy atom. The van der Waals surface area contributed by atoms with Gasteiger partial charge in [-0.2, -0.15) is 4.21 Å². The summed E-state index contributed by atoms with van der Waals surface area (Å²) in [5, 5.41) is 15.7. The fourth-order valence-corrected chi connectivity index (χ4v) is 6.60. The molecule has 1 saturated carbocycles. The van der Waals surface area contributed by atoms with Crippen LogP contribution in [0.3, 0.4) is 0 Å². The van der Waals surface area contributed by atoms with Crippen LogP contribution in [0.5, 0.6) is 0 Å². The lowest BCUT2D eigenvalue weighted by atomic mass is 9.83. The number of rotatable bonds is 0. The van der Waals surface area contributed by atoms with Gasteiger partial charge in [0, 0.05) is 11.8 Å². The average molecular weight is 457 g/mol. The minimum absolute atomic E-state index is 0.0107. The van der Waals surface area contributed by atoms with E-state index in [1.165, 1.54) is 0 Å². The topological polar surface area (TPSA) is 85.2 Å². The third kappa shape index (κ3) is 2.37. The van der Waals surface area contributed by atoms with Gasteiger partial charge >= 0.3 is 11.4 Å². The van der Waals surface area contributed by atoms with Gasteiger partial charge in [-0.15, -0.1) is 23.2 Å². The van der Waals surface area contributed by atoms with Crippen molar-refractivity contribution in [1.29, 1.82) is 0 Å². The maximum Gasteiger partial charge on any atom is 0.304 e. The first-order valence-electron chi connectivity index (χ1n) is 5.55. The van der Waals surface area contributed by atoms with Crippen molar-refractivity contribution in [3.05, 3.63) is 10.1 Å². The molecule has 4 unspecified atom stereocenters. The molecule has 3 aliphatic rings. The number of halogens is 6. The van der Waals surface area contributed by atoms with Crippen LogP contribution in [0.25, 0.3) is 0 Å². The van der Waals surface area contributed by atoms with Crippen molar-refractivity contribution in [2.75, 3.05) is 13.2 Å². The highest BCUT2D eigenvalue weighted by atomic mass is 35.5. The third-order valence-corrected chi connectivity index (χ3v) is 8.95. The van der Waals surface area contributed by atoms with Gasteiger partial charge in [0.2, 0.25) is 0 Å². The van der Waals surface area contributed by atoms with Gasteiger partial charge in [-0.3, -0.25) is 8.37 Å². The molecule has 2 N–H and O–H groups in total. The molecule has 1 saturated heterocycles. The number of alkyl halides is 4. The zero-order valence-corrected chi connectivity index (χ0v) is 15.6. The molecular formula is C9H8Cl6O6S. The molecule has 13 heteroatoms. The van der Waals surface area contributed by atoms with Gasteiger partial charge in [0.25, 0.3) is 0 Å². The Labute approximate surface area is 157 Å². The van der Waals surface area contributed by atoms with Crippen LogP contribution in [0.1, 0.15) is 0 Å². The van der Waals surface area contributed by atoms with E-state index in [9.17, 15) is 4.21 Å². The largest absolute Gasteiger partial charge is 0.304 e. The van der Waals surface area contributed by atoms with Gasteiger partial charge in [0.15, 0.2) is 4.33 Å². The highest BCUT2D eigenvalue weighted by molar-refractivity contribution is 7.75. The van der Waals surface area contributed by atoms with Crippen LogP contribution in [-0.4, -0.2) is 42.0 Å². The van der Waals surface area contributed by atoms with Gasteiger partial charge < -0.3 is 0 Å². The van der Waals surface area contributed by atoms with Crippen molar-refractivity contribution in [2.24, 2.45) is 11.8 Å². The van der Waals surface area contributed by atoms with Crippen molar-refractivity contribution >= 4 is 81.0 Å². The zero-order valence-electron chi connectivity index (χ0n) is 10.3. The number of allylic oxidation sites excluding steroid dienone is 2. The van der Waals surface area contributed by atoms with Crippen LogP contribution >= 0.6 is 69.6 Å². The third-order valence-electron chi connectivity index (χ3n) is 3.94. The number of fused-ring (bicyclic) bond motifs is 5. The Morgan fingerprint density at radius 1 is 1.00 bits per heavy atom. The highest BCUT2D eigenvalue weighted by Gasteiger charge is 2.82. The lowest BCUT2D eigenvalue weighted by Crippen LogP contribution is -2.45. The lowest BCUT2D eigenvalue weighted by Gasteiger charge is -2.33. The van der Waals surface area contributed by atoms with Crippen LogP contribution in [0, 0.1) is 11.8 Å². The summed E-state index contributed by atoms with van der Waals surface area (Å²) in [7, 11) is 0. The molecule has 2 aliphatic carbocycles. The summed E-state index contributed by atoms with van der Waals surface area (Å²) in [6.45, 7) is 0.0215. The molecule has 2 fully saturated rings. The van der Waals surface area contributed by atoms with Crippen molar-refractivity contribution in [2.45, 2.75) is 14.1 Å². The summed E-state index contributed by atoms with van der Waals surface area (Å²) in [5.74, 6) is -0.911. The molecule has 2 bridgehead atoms. The molecule has 22 heavy (non-hydrogen) atoms. The molecule has 6 nitrogen and oxygen atoms in total. The minimum atomic E-state index is -1.86. The second-order valence-corrected chi connectivity index (χ2v) is 8.85. The first kappa shape index (κ1) is 19.8. The molecule has 1 aliphatic heterocycles. The maximum absolute atomic E-state index is 11.3. The monoisotopic (exact) mass is 454 g/mol. The van der Waals surface area contributed by atoms with Crippen LogP contribution in [-0.2, 0) is 24.8 Å². The van der Waals surface area contributed by atoms with E-state index in [1.807, 2.05) is 0 Å². The first-order chi connectivity index (χ1) is 10.1. The van der Waals surface area contributed by atoms with Gasteiger partial charge in [-0.1, -0.05) is 51.4 Å². The summed E-state index contributed by atoms with van der Waals surface area (Å²) < 4.78 is 19.7. The zero-order chi connectivity index (χ0) is 16.9. The van der Waals surface area contributed by atoms with Crippen molar-refractivity contribution in [1.82, 2.24) is 0 Å². The predicted octanol–water partition coefficient (Wildman–Crippen LogP) is 3.64. The SMILES string of the molecule is O=S1OCC2C(CO1)C1(Cl)C(Cl)=C(Cl)C2(Cl)C1(Cl)Cl.OOO. The lowest BCUT2D eigenvalue weighted by molar-refractivity contribution is -0.465. The molecular weight excluding hydrogens is 449 g/mol. The molecule has 128 valence electrons. The fourth-order valence-electron chi connectivity index (χ4n) is 2.96. The van der Waals surface area contributed by atoms with Crippen LogP contribution in [0.2, 0.25) is 0 Å². The van der Waals surface area contributed by atoms with Gasteiger partial charge in [0.05, 0.1) is 23.3 Å². The molecule has 3 rings (SSSR count). The van der Waals surface area contributed by atoms with Crippen LogP contribution < -0.4 is 0 Å². The Balaban J connectivity index is 0.000000545. The Morgan fingerprint density at radius 3 is 1.64 bits per heavy atom. The second-order valence-electron chi connectivity index (χ2n) is 4.69. The summed E-state index contributed by atoms with van der Waals surface area (Å²) >= 11 is 36.4. The summed E-state index contributed by atoms with van der Waals surface area (Å²) in [5.41, 5.74) is 0. The van der Waals surface area contributed by atoms with Crippen LogP contribution in [0.15, 0.2) is 10.1 Å². The van der Waals surface area contributed by atoms with E-state index in [-0.39, 0.29) is 23.3 Å². The van der Waals surface area contributed by atoms with E-state index in [1.54, 1.807) is 0 Å². The van der Waals surface area contributed by atoms with E-state index in [4.69, 9.17) is 88.5 Å². The predicted molar refractivity (Wildman–Crippen MR) is 83.7 cm³/mol. The van der Waals surface area contributed by atoms with E-state index >= 15 is 0 Å². The quantitative estimate of drug-likeness (QED) is 0.329. The Bertz CT molecular complexity index is 491. The average Bonchev–Trinajstić information content (AvgIpc) is 2.64. The normalized spacial score (nSPS) is 45.9. The summed E-state index contributed by atoms with van der Waals surface area (Å²) in [6, 6.07) is 0. The standard InChI is InChI=1S/C9H6Cl6O3S.H2O3/c10-5-6(11)8(13)4-2-18-19(16)17-1-3(4)7(5,12)9(8,14)15;1-3-2/h3-4H,1-2H2;1-2H. The Kier molecular flexibility index (Phi) is 5.95. The molecule has 0 aromatic heterocycles. The van der Waals surface area contributed by atoms with E-state index in [0.29, 0.717) is 0 Å². The van der Waals surface area contributed by atoms with E-state index in [0.717, 1.165) is 0 Å². The van der Waals surface area contributed by atoms with Crippen molar-refractivity contribution in [3.63, 3.8) is 0 Å². The number of hydrogen-bond donors (Lipinski definition) is 2. The highest BCUT2D eigenvalue weighted by Crippen LogP contribution is 2.76. The van der Waals surface area contributed by atoms with E-state index < -0.39 is 37.3 Å². The molecule has 0 spiro atoms. The fraction of sp³-hybridized carbons (Fsp3) is 0.778. The van der Waals surface area contributed by atoms with Gasteiger partial charge in [-0.25, -0.2) is 10.5 Å². The molecule has 0 amide bonds. The maximum atomic E-state index is 11.3. The summed E-state index contributed by atoms with van der Waals surface area (Å²) in [4.78, 5) is -2.78. The molecule has 0 aromatic carbocycles. The number of hydrogen-bond acceptors (Lipinski definition) is 6. The minimum Gasteiger partial charge on any atom is -0.268 e. The smallest absolute Gasteiger partial charge is 0.268 e.